The van der Waals surface area contributed by atoms with Crippen LogP contribution in [0.25, 0.3) is 0 Å². The Kier molecular flexibility index (Phi) is 3.82. The van der Waals surface area contributed by atoms with E-state index in [9.17, 15) is 4.79 Å². The quantitative estimate of drug-likeness (QED) is 0.815. The molecule has 2 aromatic carbocycles. The van der Waals surface area contributed by atoms with Gasteiger partial charge in [-0.15, -0.1) is 0 Å². The van der Waals surface area contributed by atoms with Gasteiger partial charge in [0.15, 0.2) is 0 Å². The first-order valence-corrected chi connectivity index (χ1v) is 7.43. The fourth-order valence-corrected chi connectivity index (χ4v) is 3.34. The summed E-state index contributed by atoms with van der Waals surface area (Å²) in [4.78, 5) is 12.5. The van der Waals surface area contributed by atoms with Gasteiger partial charge in [0, 0.05) is 22.4 Å². The molecular weight excluding hydrogens is 291 g/mol. The predicted octanol–water partition coefficient (Wildman–Crippen LogP) is 4.52. The molecule has 0 heterocycles. The van der Waals surface area contributed by atoms with Crippen molar-refractivity contribution in [3.8, 4) is 0 Å². The number of Topliss-reactive ketones (excluding diaryl/α,β-unsaturated/α-hetero) is 1. The van der Waals surface area contributed by atoms with Crippen LogP contribution in [0.4, 0.5) is 0 Å². The van der Waals surface area contributed by atoms with Crippen molar-refractivity contribution in [3.05, 3.63) is 69.2 Å². The molecule has 0 N–H and O–H groups in total. The Bertz CT molecular complexity index is 619. The molecular formula is C17H14Cl2O. The maximum Gasteiger partial charge on any atom is 0.141 e. The number of ketones is 1. The standard InChI is InChI=1S/C17H14Cl2O/c18-15-6-3-7-16(19)14(15)10-17(20)13-8-11-4-1-2-5-12(11)9-13/h1-7,13H,8-10H2. The van der Waals surface area contributed by atoms with E-state index in [0.717, 1.165) is 18.4 Å². The van der Waals surface area contributed by atoms with Crippen LogP contribution in [0, 0.1) is 5.92 Å². The lowest BCUT2D eigenvalue weighted by atomic mass is 9.95. The van der Waals surface area contributed by atoms with E-state index in [4.69, 9.17) is 23.2 Å². The van der Waals surface area contributed by atoms with Gasteiger partial charge in [0.05, 0.1) is 0 Å². The molecule has 1 aliphatic carbocycles. The average molecular weight is 305 g/mol. The second-order valence-corrected chi connectivity index (χ2v) is 6.03. The second-order valence-electron chi connectivity index (χ2n) is 5.22. The average Bonchev–Trinajstić information content (AvgIpc) is 2.87. The summed E-state index contributed by atoms with van der Waals surface area (Å²) < 4.78 is 0. The van der Waals surface area contributed by atoms with Crippen molar-refractivity contribution in [3.63, 3.8) is 0 Å². The molecule has 0 spiro atoms. The van der Waals surface area contributed by atoms with Gasteiger partial charge in [-0.1, -0.05) is 53.5 Å². The zero-order valence-electron chi connectivity index (χ0n) is 10.9. The maximum atomic E-state index is 12.5. The highest BCUT2D eigenvalue weighted by atomic mass is 35.5. The number of hydrogen-bond acceptors (Lipinski definition) is 1. The van der Waals surface area contributed by atoms with Gasteiger partial charge in [-0.2, -0.15) is 0 Å². The van der Waals surface area contributed by atoms with Gasteiger partial charge in [0.2, 0.25) is 0 Å². The summed E-state index contributed by atoms with van der Waals surface area (Å²) in [6.07, 6.45) is 1.98. The van der Waals surface area contributed by atoms with Crippen LogP contribution in [0.15, 0.2) is 42.5 Å². The second kappa shape index (κ2) is 5.59. The topological polar surface area (TPSA) is 17.1 Å². The minimum Gasteiger partial charge on any atom is -0.299 e. The normalized spacial score (nSPS) is 14.3. The number of carbonyl (C=O) groups excluding carboxylic acids is 1. The number of hydrogen-bond donors (Lipinski definition) is 0. The van der Waals surface area contributed by atoms with E-state index < -0.39 is 0 Å². The van der Waals surface area contributed by atoms with Crippen LogP contribution in [0.3, 0.4) is 0 Å². The minimum atomic E-state index is 0.0553. The van der Waals surface area contributed by atoms with E-state index in [-0.39, 0.29) is 11.7 Å². The van der Waals surface area contributed by atoms with Gasteiger partial charge in [0.25, 0.3) is 0 Å². The number of benzene rings is 2. The first-order valence-electron chi connectivity index (χ1n) is 6.67. The summed E-state index contributed by atoms with van der Waals surface area (Å²) in [7, 11) is 0. The van der Waals surface area contributed by atoms with Gasteiger partial charge in [-0.3, -0.25) is 4.79 Å². The van der Waals surface area contributed by atoms with Crippen LogP contribution in [0.5, 0.6) is 0 Å². The molecule has 0 radical (unpaired) electrons. The van der Waals surface area contributed by atoms with E-state index in [2.05, 4.69) is 12.1 Å². The highest BCUT2D eigenvalue weighted by Crippen LogP contribution is 2.30. The molecule has 0 aromatic heterocycles. The Morgan fingerprint density at radius 1 is 0.950 bits per heavy atom. The van der Waals surface area contributed by atoms with E-state index >= 15 is 0 Å². The van der Waals surface area contributed by atoms with Crippen LogP contribution < -0.4 is 0 Å². The molecule has 0 amide bonds. The molecule has 1 aliphatic rings. The third kappa shape index (κ3) is 2.61. The first-order chi connectivity index (χ1) is 9.65. The summed E-state index contributed by atoms with van der Waals surface area (Å²) in [5, 5.41) is 1.14. The molecule has 3 rings (SSSR count). The molecule has 0 saturated heterocycles. The van der Waals surface area contributed by atoms with Crippen LogP contribution in [0.2, 0.25) is 10.0 Å². The Labute approximate surface area is 128 Å². The van der Waals surface area contributed by atoms with E-state index in [1.165, 1.54) is 11.1 Å². The van der Waals surface area contributed by atoms with Crippen molar-refractivity contribution < 1.29 is 4.79 Å². The summed E-state index contributed by atoms with van der Waals surface area (Å²) in [5.41, 5.74) is 3.32. The van der Waals surface area contributed by atoms with E-state index in [1.54, 1.807) is 18.2 Å². The highest BCUT2D eigenvalue weighted by Gasteiger charge is 2.27. The lowest BCUT2D eigenvalue weighted by molar-refractivity contribution is -0.121. The van der Waals surface area contributed by atoms with Crippen molar-refractivity contribution in [2.75, 3.05) is 0 Å². The van der Waals surface area contributed by atoms with Gasteiger partial charge >= 0.3 is 0 Å². The van der Waals surface area contributed by atoms with Gasteiger partial charge in [-0.05, 0) is 41.7 Å². The van der Waals surface area contributed by atoms with Crippen LogP contribution >= 0.6 is 23.2 Å². The maximum absolute atomic E-state index is 12.5. The van der Waals surface area contributed by atoms with Crippen molar-refractivity contribution >= 4 is 29.0 Å². The monoisotopic (exact) mass is 304 g/mol. The molecule has 0 aliphatic heterocycles. The fraction of sp³-hybridized carbons (Fsp3) is 0.235. The number of halogens is 2. The van der Waals surface area contributed by atoms with E-state index in [0.29, 0.717) is 16.5 Å². The summed E-state index contributed by atoms with van der Waals surface area (Å²) in [5.74, 6) is 0.274. The Morgan fingerprint density at radius 3 is 2.05 bits per heavy atom. The van der Waals surface area contributed by atoms with Crippen LogP contribution in [0.1, 0.15) is 16.7 Å². The Hall–Kier alpha value is -1.31. The van der Waals surface area contributed by atoms with Gasteiger partial charge in [-0.25, -0.2) is 0 Å². The van der Waals surface area contributed by atoms with Crippen molar-refractivity contribution in [2.45, 2.75) is 19.3 Å². The molecule has 0 unspecified atom stereocenters. The molecule has 1 nitrogen and oxygen atoms in total. The first kappa shape index (κ1) is 13.7. The largest absolute Gasteiger partial charge is 0.299 e. The number of carbonyl (C=O) groups is 1. The highest BCUT2D eigenvalue weighted by molar-refractivity contribution is 6.36. The molecule has 2 aromatic rings. The van der Waals surface area contributed by atoms with Crippen molar-refractivity contribution in [2.24, 2.45) is 5.92 Å². The zero-order valence-corrected chi connectivity index (χ0v) is 12.4. The third-order valence-corrected chi connectivity index (χ3v) is 4.63. The summed E-state index contributed by atoms with van der Waals surface area (Å²) in [6, 6.07) is 13.6. The lowest BCUT2D eigenvalue weighted by Crippen LogP contribution is -2.17. The fourth-order valence-electron chi connectivity index (χ4n) is 2.81. The summed E-state index contributed by atoms with van der Waals surface area (Å²) in [6.45, 7) is 0. The number of fused-ring (bicyclic) bond motifs is 1. The molecule has 20 heavy (non-hydrogen) atoms. The molecule has 102 valence electrons. The third-order valence-electron chi connectivity index (χ3n) is 3.92. The summed E-state index contributed by atoms with van der Waals surface area (Å²) >= 11 is 12.3. The molecule has 0 atom stereocenters. The molecule has 0 saturated carbocycles. The smallest absolute Gasteiger partial charge is 0.141 e. The van der Waals surface area contributed by atoms with Gasteiger partial charge < -0.3 is 0 Å². The Morgan fingerprint density at radius 2 is 1.50 bits per heavy atom. The zero-order chi connectivity index (χ0) is 14.1. The molecule has 0 bridgehead atoms. The van der Waals surface area contributed by atoms with Crippen LogP contribution in [-0.2, 0) is 24.1 Å². The predicted molar refractivity (Wildman–Crippen MR) is 82.5 cm³/mol. The van der Waals surface area contributed by atoms with Crippen molar-refractivity contribution in [1.29, 1.82) is 0 Å². The molecule has 0 fully saturated rings. The van der Waals surface area contributed by atoms with Crippen LogP contribution in [-0.4, -0.2) is 5.78 Å². The molecule has 3 heteroatoms. The minimum absolute atomic E-state index is 0.0553. The lowest BCUT2D eigenvalue weighted by Gasteiger charge is -2.10. The van der Waals surface area contributed by atoms with E-state index in [1.807, 2.05) is 12.1 Å². The Balaban J connectivity index is 1.76. The SMILES string of the molecule is O=C(Cc1c(Cl)cccc1Cl)C1Cc2ccccc2C1. The number of rotatable bonds is 3. The van der Waals surface area contributed by atoms with Crippen molar-refractivity contribution in [1.82, 2.24) is 0 Å². The van der Waals surface area contributed by atoms with Gasteiger partial charge in [0.1, 0.15) is 5.78 Å².